The van der Waals surface area contributed by atoms with Crippen molar-refractivity contribution < 1.29 is 42.1 Å². The molecule has 3 saturated heterocycles. The fourth-order valence-electron chi connectivity index (χ4n) is 4.31. The van der Waals surface area contributed by atoms with Gasteiger partial charge in [-0.25, -0.2) is 4.79 Å². The number of hydrogen-bond donors (Lipinski definition) is 1. The molecule has 0 unspecified atom stereocenters. The van der Waals surface area contributed by atoms with Crippen molar-refractivity contribution in [2.24, 2.45) is 11.3 Å². The van der Waals surface area contributed by atoms with Gasteiger partial charge in [-0.2, -0.15) is 13.2 Å². The molecule has 8 nitrogen and oxygen atoms in total. The van der Waals surface area contributed by atoms with Crippen LogP contribution < -0.4 is 4.74 Å². The molecule has 3 aliphatic rings. The van der Waals surface area contributed by atoms with Gasteiger partial charge in [0.05, 0.1) is 24.3 Å². The van der Waals surface area contributed by atoms with Crippen LogP contribution in [0.25, 0.3) is 0 Å². The van der Waals surface area contributed by atoms with Crippen LogP contribution in [-0.2, 0) is 19.1 Å². The molecule has 0 aliphatic carbocycles. The number of carboxylic acids is 1. The smallest absolute Gasteiger partial charge is 0.490 e. The summed E-state index contributed by atoms with van der Waals surface area (Å²) < 4.78 is 49.1. The number of halogens is 3. The van der Waals surface area contributed by atoms with Crippen LogP contribution in [0.4, 0.5) is 13.2 Å². The fourth-order valence-corrected chi connectivity index (χ4v) is 4.31. The molecule has 2 atom stereocenters. The normalized spacial score (nSPS) is 26.0. The third kappa shape index (κ3) is 6.10. The molecule has 4 heterocycles. The second kappa shape index (κ2) is 10.5. The first-order valence-corrected chi connectivity index (χ1v) is 10.5. The van der Waals surface area contributed by atoms with E-state index in [-0.39, 0.29) is 23.3 Å². The summed E-state index contributed by atoms with van der Waals surface area (Å²) in [6.45, 7) is 4.24. The summed E-state index contributed by atoms with van der Waals surface area (Å²) in [5.41, 5.74) is -0.102. The largest absolute Gasteiger partial charge is 0.491 e. The van der Waals surface area contributed by atoms with Gasteiger partial charge in [-0.05, 0) is 37.8 Å². The van der Waals surface area contributed by atoms with Gasteiger partial charge in [0.1, 0.15) is 5.75 Å². The second-order valence-electron chi connectivity index (χ2n) is 8.19. The lowest BCUT2D eigenvalue weighted by molar-refractivity contribution is -0.192. The monoisotopic (exact) mass is 460 g/mol. The summed E-state index contributed by atoms with van der Waals surface area (Å²) in [6.07, 6.45) is 2.09. The number of aromatic nitrogens is 1. The minimum atomic E-state index is -5.08. The first kappa shape index (κ1) is 24.2. The molecular formula is C21H27F3N2O6. The highest BCUT2D eigenvalue weighted by atomic mass is 19.4. The van der Waals surface area contributed by atoms with E-state index in [0.29, 0.717) is 19.8 Å². The maximum Gasteiger partial charge on any atom is 0.490 e. The molecule has 178 valence electrons. The summed E-state index contributed by atoms with van der Waals surface area (Å²) in [7, 11) is 0. The number of rotatable bonds is 4. The molecule has 0 spiro atoms. The average Bonchev–Trinajstić information content (AvgIpc) is 3.22. The Morgan fingerprint density at radius 1 is 1.25 bits per heavy atom. The Morgan fingerprint density at radius 2 is 1.97 bits per heavy atom. The van der Waals surface area contributed by atoms with Crippen LogP contribution in [0.15, 0.2) is 24.5 Å². The zero-order valence-corrected chi connectivity index (χ0v) is 17.6. The van der Waals surface area contributed by atoms with Gasteiger partial charge >= 0.3 is 12.1 Å². The Kier molecular flexibility index (Phi) is 7.94. The second-order valence-corrected chi connectivity index (χ2v) is 8.19. The average molecular weight is 460 g/mol. The molecule has 32 heavy (non-hydrogen) atoms. The molecule has 0 saturated carbocycles. The highest BCUT2D eigenvalue weighted by molar-refractivity contribution is 5.79. The highest BCUT2D eigenvalue weighted by Crippen LogP contribution is 2.42. The minimum Gasteiger partial charge on any atom is -0.491 e. The van der Waals surface area contributed by atoms with E-state index in [1.54, 1.807) is 12.4 Å². The number of likely N-dealkylation sites (tertiary alicyclic amines) is 1. The lowest BCUT2D eigenvalue weighted by atomic mass is 9.77. The number of alkyl halides is 3. The van der Waals surface area contributed by atoms with Gasteiger partial charge in [-0.1, -0.05) is 0 Å². The summed E-state index contributed by atoms with van der Waals surface area (Å²) >= 11 is 0. The topological polar surface area (TPSA) is 98.2 Å². The van der Waals surface area contributed by atoms with Gasteiger partial charge < -0.3 is 24.2 Å². The minimum absolute atomic E-state index is 0.102. The van der Waals surface area contributed by atoms with E-state index in [1.807, 2.05) is 17.0 Å². The Bertz CT molecular complexity index is 773. The number of carbonyl (C=O) groups excluding carboxylic acids is 1. The molecule has 3 fully saturated rings. The first-order chi connectivity index (χ1) is 15.2. The molecule has 1 amide bonds. The van der Waals surface area contributed by atoms with Crippen molar-refractivity contribution in [2.45, 2.75) is 38.0 Å². The predicted molar refractivity (Wildman–Crippen MR) is 105 cm³/mol. The summed E-state index contributed by atoms with van der Waals surface area (Å²) in [4.78, 5) is 28.0. The summed E-state index contributed by atoms with van der Waals surface area (Å²) in [6, 6.07) is 3.79. The first-order valence-electron chi connectivity index (χ1n) is 10.5. The van der Waals surface area contributed by atoms with E-state index >= 15 is 0 Å². The Balaban J connectivity index is 0.000000360. The number of piperidine rings is 1. The van der Waals surface area contributed by atoms with Crippen LogP contribution >= 0.6 is 0 Å². The lowest BCUT2D eigenvalue weighted by Crippen LogP contribution is -2.55. The van der Waals surface area contributed by atoms with Crippen LogP contribution in [0.5, 0.6) is 5.75 Å². The zero-order valence-electron chi connectivity index (χ0n) is 17.6. The third-order valence-electron chi connectivity index (χ3n) is 6.05. The van der Waals surface area contributed by atoms with Crippen molar-refractivity contribution in [1.82, 2.24) is 9.88 Å². The van der Waals surface area contributed by atoms with E-state index in [1.165, 1.54) is 0 Å². The SMILES string of the molecule is O=C(C1CCOCC1)N1CC[C@H]2OCC[C@@]2(COc2cccnc2)C1.O=C(O)C(F)(F)F. The van der Waals surface area contributed by atoms with Gasteiger partial charge in [-0.15, -0.1) is 0 Å². The number of pyridine rings is 1. The summed E-state index contributed by atoms with van der Waals surface area (Å²) in [5.74, 6) is -1.58. The van der Waals surface area contributed by atoms with Crippen LogP contribution in [-0.4, -0.2) is 78.7 Å². The zero-order chi connectivity index (χ0) is 23.2. The van der Waals surface area contributed by atoms with Gasteiger partial charge in [-0.3, -0.25) is 9.78 Å². The van der Waals surface area contributed by atoms with Gasteiger partial charge in [0.15, 0.2) is 0 Å². The van der Waals surface area contributed by atoms with E-state index in [9.17, 15) is 18.0 Å². The standard InChI is InChI=1S/C19H26N2O4.C2HF3O2/c22-18(15-4-9-23-10-5-15)21-8-3-17-19(13-21,6-11-24-17)14-25-16-2-1-7-20-12-16;3-2(4,5)1(6)7/h1-2,7,12,15,17H,3-6,8-11,13-14H2;(H,6,7)/t17-,19+;/m1./s1. The number of carboxylic acid groups (broad SMARTS) is 1. The van der Waals surface area contributed by atoms with Crippen molar-refractivity contribution >= 4 is 11.9 Å². The number of ether oxygens (including phenoxy) is 3. The number of hydrogen-bond acceptors (Lipinski definition) is 6. The molecule has 11 heteroatoms. The van der Waals surface area contributed by atoms with E-state index < -0.39 is 12.1 Å². The molecule has 0 bridgehead atoms. The maximum atomic E-state index is 12.9. The van der Waals surface area contributed by atoms with Crippen LogP contribution in [0, 0.1) is 11.3 Å². The number of nitrogens with zero attached hydrogens (tertiary/aromatic N) is 2. The molecule has 3 aliphatic heterocycles. The fraction of sp³-hybridized carbons (Fsp3) is 0.667. The van der Waals surface area contributed by atoms with Crippen LogP contribution in [0.1, 0.15) is 25.7 Å². The van der Waals surface area contributed by atoms with Crippen molar-refractivity contribution in [3.63, 3.8) is 0 Å². The molecule has 0 aromatic carbocycles. The molecule has 1 aromatic heterocycles. The molecule has 1 N–H and O–H groups in total. The van der Waals surface area contributed by atoms with E-state index in [2.05, 4.69) is 4.98 Å². The van der Waals surface area contributed by atoms with Gasteiger partial charge in [0, 0.05) is 45.0 Å². The molecule has 0 radical (unpaired) electrons. The third-order valence-corrected chi connectivity index (χ3v) is 6.05. The number of aliphatic carboxylic acids is 1. The van der Waals surface area contributed by atoms with E-state index in [4.69, 9.17) is 24.1 Å². The Hall–Kier alpha value is -2.40. The highest BCUT2D eigenvalue weighted by Gasteiger charge is 2.50. The Morgan fingerprint density at radius 3 is 2.59 bits per heavy atom. The number of amides is 1. The predicted octanol–water partition coefficient (Wildman–Crippen LogP) is 2.53. The molecular weight excluding hydrogens is 433 g/mol. The number of carbonyl (C=O) groups is 2. The molecule has 4 rings (SSSR count). The van der Waals surface area contributed by atoms with Gasteiger partial charge in [0.2, 0.25) is 5.91 Å². The van der Waals surface area contributed by atoms with Crippen LogP contribution in [0.3, 0.4) is 0 Å². The van der Waals surface area contributed by atoms with Crippen molar-refractivity contribution in [1.29, 1.82) is 0 Å². The number of fused-ring (bicyclic) bond motifs is 1. The van der Waals surface area contributed by atoms with Crippen molar-refractivity contribution in [2.75, 3.05) is 39.5 Å². The molecule has 1 aromatic rings. The van der Waals surface area contributed by atoms with E-state index in [0.717, 1.165) is 51.1 Å². The van der Waals surface area contributed by atoms with Crippen molar-refractivity contribution in [3.8, 4) is 5.75 Å². The van der Waals surface area contributed by atoms with Crippen LogP contribution in [0.2, 0.25) is 0 Å². The lowest BCUT2D eigenvalue weighted by Gasteiger charge is -2.44. The summed E-state index contributed by atoms with van der Waals surface area (Å²) in [5, 5.41) is 7.12. The van der Waals surface area contributed by atoms with Crippen molar-refractivity contribution in [3.05, 3.63) is 24.5 Å². The van der Waals surface area contributed by atoms with Gasteiger partial charge in [0.25, 0.3) is 0 Å². The quantitative estimate of drug-likeness (QED) is 0.737. The Labute approximate surface area is 183 Å². The maximum absolute atomic E-state index is 12.9.